The molecule has 3 nitrogen and oxygen atoms in total. The van der Waals surface area contributed by atoms with Gasteiger partial charge in [0.05, 0.1) is 16.2 Å². The molecule has 196 valence electrons. The smallest absolute Gasteiger partial charge is 0.134 e. The number of hydrogen-bond donors (Lipinski definition) is 1. The van der Waals surface area contributed by atoms with Gasteiger partial charge in [0.1, 0.15) is 12.4 Å². The molecule has 0 unspecified atom stereocenters. The predicted molar refractivity (Wildman–Crippen MR) is 166 cm³/mol. The minimum absolute atomic E-state index is 0.282. The summed E-state index contributed by atoms with van der Waals surface area (Å²) in [4.78, 5) is 4.71. The largest absolute Gasteiger partial charge is 0.488 e. The van der Waals surface area contributed by atoms with E-state index in [4.69, 9.17) is 32.9 Å². The van der Waals surface area contributed by atoms with Gasteiger partial charge in [-0.3, -0.25) is 4.99 Å². The van der Waals surface area contributed by atoms with Crippen LogP contribution < -0.4 is 10.1 Å². The normalized spacial score (nSPS) is 19.5. The van der Waals surface area contributed by atoms with Crippen LogP contribution in [0.3, 0.4) is 0 Å². The molecule has 0 amide bonds. The Morgan fingerprint density at radius 3 is 2.64 bits per heavy atom. The molecule has 0 fully saturated rings. The van der Waals surface area contributed by atoms with E-state index in [0.29, 0.717) is 28.5 Å². The van der Waals surface area contributed by atoms with Gasteiger partial charge in [0.25, 0.3) is 0 Å². The summed E-state index contributed by atoms with van der Waals surface area (Å²) in [6.45, 7) is 2.52. The number of benzene rings is 4. The predicted octanol–water partition coefficient (Wildman–Crippen LogP) is 10.2. The number of aliphatic imine (C=N–C) groups is 1. The summed E-state index contributed by atoms with van der Waals surface area (Å²) >= 11 is 15.9. The Morgan fingerprint density at radius 1 is 1.00 bits per heavy atom. The molecule has 4 aromatic carbocycles. The minimum Gasteiger partial charge on any atom is -0.488 e. The van der Waals surface area contributed by atoms with Crippen LogP contribution in [0, 0.1) is 12.8 Å². The van der Waals surface area contributed by atoms with Crippen molar-refractivity contribution in [3.05, 3.63) is 133 Å². The van der Waals surface area contributed by atoms with Crippen LogP contribution in [-0.2, 0) is 6.61 Å². The second kappa shape index (κ2) is 11.2. The van der Waals surface area contributed by atoms with Gasteiger partial charge in [-0.05, 0) is 100 Å². The number of rotatable bonds is 6. The molecule has 0 spiro atoms. The number of hydrogen-bond acceptors (Lipinski definition) is 3. The molecule has 0 aromatic heterocycles. The molecule has 1 N–H and O–H groups in total. The number of nitrogens with zero attached hydrogens (tertiary/aromatic N) is 1. The lowest BCUT2D eigenvalue weighted by atomic mass is 9.76. The third-order valence-electron chi connectivity index (χ3n) is 7.49. The first-order valence-corrected chi connectivity index (χ1v) is 14.5. The number of allylic oxidation sites excluding steroid dienone is 2. The molecule has 6 rings (SSSR count). The van der Waals surface area contributed by atoms with Crippen molar-refractivity contribution in [2.45, 2.75) is 31.9 Å². The van der Waals surface area contributed by atoms with Crippen LogP contribution in [0.2, 0.25) is 10.0 Å². The highest BCUT2D eigenvalue weighted by Crippen LogP contribution is 2.50. The summed E-state index contributed by atoms with van der Waals surface area (Å²) in [5.41, 5.74) is 8.04. The highest BCUT2D eigenvalue weighted by molar-refractivity contribution is 9.10. The van der Waals surface area contributed by atoms with Gasteiger partial charge in [0.2, 0.25) is 0 Å². The molecule has 6 heteroatoms. The van der Waals surface area contributed by atoms with Crippen molar-refractivity contribution in [2.75, 3.05) is 5.32 Å². The number of nitrogens with one attached hydrogen (secondary N) is 1. The third kappa shape index (κ3) is 5.65. The second-order valence-corrected chi connectivity index (χ2v) is 11.8. The molecule has 1 aliphatic heterocycles. The van der Waals surface area contributed by atoms with Crippen molar-refractivity contribution in [1.82, 2.24) is 0 Å². The lowest BCUT2D eigenvalue weighted by Crippen LogP contribution is -2.29. The van der Waals surface area contributed by atoms with Gasteiger partial charge >= 0.3 is 0 Å². The fourth-order valence-electron chi connectivity index (χ4n) is 5.47. The molecule has 1 aliphatic carbocycles. The number of halogens is 3. The Labute approximate surface area is 247 Å². The van der Waals surface area contributed by atoms with Crippen molar-refractivity contribution in [2.24, 2.45) is 10.9 Å². The van der Waals surface area contributed by atoms with Gasteiger partial charge < -0.3 is 10.1 Å². The quantitative estimate of drug-likeness (QED) is 0.172. The van der Waals surface area contributed by atoms with Crippen molar-refractivity contribution in [1.29, 1.82) is 0 Å². The molecule has 4 aromatic rings. The average Bonchev–Trinajstić information content (AvgIpc) is 3.43. The number of anilines is 1. The molecule has 0 bridgehead atoms. The van der Waals surface area contributed by atoms with Crippen molar-refractivity contribution < 1.29 is 4.74 Å². The Bertz CT molecular complexity index is 1580. The van der Waals surface area contributed by atoms with Crippen molar-refractivity contribution in [3.63, 3.8) is 0 Å². The molecule has 0 radical (unpaired) electrons. The lowest BCUT2D eigenvalue weighted by Gasteiger charge is -2.37. The highest BCUT2D eigenvalue weighted by Gasteiger charge is 2.37. The summed E-state index contributed by atoms with van der Waals surface area (Å²) in [6, 6.07) is 26.9. The van der Waals surface area contributed by atoms with Crippen LogP contribution in [0.15, 0.2) is 100 Å². The van der Waals surface area contributed by atoms with Crippen LogP contribution in [0.5, 0.6) is 5.75 Å². The summed E-state index contributed by atoms with van der Waals surface area (Å²) in [5.74, 6) is 1.74. The maximum atomic E-state index is 6.26. The lowest BCUT2D eigenvalue weighted by molar-refractivity contribution is 0.304. The molecular formula is C33H27BrCl2N2O. The summed E-state index contributed by atoms with van der Waals surface area (Å²) in [7, 11) is 0. The standard InChI is InChI=1S/C33H27BrCl2N2O/c1-20-5-13-31-28(15-20)26-3-2-4-27(26)33(38-31)22-8-11-25(12-9-22)37-18-21-6-14-32(29(34)16-21)39-19-23-7-10-24(35)17-30(23)36/h2-3,5-18,26-27,33,38H,4,19H2,1H3/t26-,27+,33+/m1/s1. The summed E-state index contributed by atoms with van der Waals surface area (Å²) in [5, 5.41) is 5.01. The molecule has 0 saturated carbocycles. The van der Waals surface area contributed by atoms with Crippen LogP contribution in [0.25, 0.3) is 0 Å². The SMILES string of the molecule is Cc1ccc2c(c1)[C@@H]1C=CC[C@@H]1[C@H](c1ccc(N=Cc3ccc(OCc4ccc(Cl)cc4Cl)c(Br)c3)cc1)N2. The maximum Gasteiger partial charge on any atom is 0.134 e. The van der Waals surface area contributed by atoms with Crippen LogP contribution in [0.1, 0.15) is 46.2 Å². The van der Waals surface area contributed by atoms with Crippen LogP contribution in [-0.4, -0.2) is 6.21 Å². The van der Waals surface area contributed by atoms with E-state index in [1.165, 1.54) is 22.4 Å². The van der Waals surface area contributed by atoms with Crippen molar-refractivity contribution >= 4 is 56.7 Å². The molecular weight excluding hydrogens is 591 g/mol. The van der Waals surface area contributed by atoms with Gasteiger partial charge in [-0.15, -0.1) is 0 Å². The zero-order chi connectivity index (χ0) is 26.9. The Kier molecular flexibility index (Phi) is 7.53. The molecule has 1 heterocycles. The van der Waals surface area contributed by atoms with Gasteiger partial charge in [-0.2, -0.15) is 0 Å². The Morgan fingerprint density at radius 2 is 1.85 bits per heavy atom. The average molecular weight is 618 g/mol. The first-order chi connectivity index (χ1) is 18.9. The molecule has 39 heavy (non-hydrogen) atoms. The van der Waals surface area contributed by atoms with E-state index in [2.05, 4.69) is 82.8 Å². The fourth-order valence-corrected chi connectivity index (χ4v) is 6.44. The summed E-state index contributed by atoms with van der Waals surface area (Å²) < 4.78 is 6.81. The minimum atomic E-state index is 0.282. The van der Waals surface area contributed by atoms with E-state index in [9.17, 15) is 0 Å². The first kappa shape index (κ1) is 26.2. The maximum absolute atomic E-state index is 6.26. The first-order valence-electron chi connectivity index (χ1n) is 13.0. The fraction of sp³-hybridized carbons (Fsp3) is 0.182. The molecule has 0 saturated heterocycles. The third-order valence-corrected chi connectivity index (χ3v) is 8.69. The van der Waals surface area contributed by atoms with E-state index in [1.54, 1.807) is 12.1 Å². The number of aryl methyl sites for hydroxylation is 1. The monoisotopic (exact) mass is 616 g/mol. The van der Waals surface area contributed by atoms with Gasteiger partial charge in [0, 0.05) is 33.4 Å². The van der Waals surface area contributed by atoms with E-state index in [0.717, 1.165) is 33.5 Å². The van der Waals surface area contributed by atoms with E-state index >= 15 is 0 Å². The van der Waals surface area contributed by atoms with Gasteiger partial charge in [-0.25, -0.2) is 0 Å². The van der Waals surface area contributed by atoms with Crippen LogP contribution >= 0.6 is 39.1 Å². The molecule has 2 aliphatic rings. The zero-order valence-corrected chi connectivity index (χ0v) is 24.5. The highest BCUT2D eigenvalue weighted by atomic mass is 79.9. The number of fused-ring (bicyclic) bond motifs is 3. The topological polar surface area (TPSA) is 33.6 Å². The Hall–Kier alpha value is -3.05. The van der Waals surface area contributed by atoms with E-state index in [1.807, 2.05) is 30.5 Å². The van der Waals surface area contributed by atoms with Gasteiger partial charge in [0.15, 0.2) is 0 Å². The van der Waals surface area contributed by atoms with Gasteiger partial charge in [-0.1, -0.05) is 71.2 Å². The van der Waals surface area contributed by atoms with Crippen molar-refractivity contribution in [3.8, 4) is 5.75 Å². The van der Waals surface area contributed by atoms with E-state index < -0.39 is 0 Å². The Balaban J connectivity index is 1.12. The van der Waals surface area contributed by atoms with Crippen LogP contribution in [0.4, 0.5) is 11.4 Å². The van der Waals surface area contributed by atoms with E-state index in [-0.39, 0.29) is 6.04 Å². The molecule has 3 atom stereocenters. The number of ether oxygens (including phenoxy) is 1. The zero-order valence-electron chi connectivity index (χ0n) is 21.4. The second-order valence-electron chi connectivity index (χ2n) is 10.1. The summed E-state index contributed by atoms with van der Waals surface area (Å²) in [6.07, 6.45) is 7.68.